The zero-order chi connectivity index (χ0) is 18.5. The third-order valence-electron chi connectivity index (χ3n) is 3.98. The standard InChI is InChI=1S/C20H21N3O3/c1-3-21-17-15-6-4-5-7-16(15)26-19(24)18(17)23-20(25)22-12-14-10-8-13(2)9-11-14/h4-11,21H,3,12H2,1-2H3,(H2,22,23,25). The lowest BCUT2D eigenvalue weighted by Gasteiger charge is -2.14. The van der Waals surface area contributed by atoms with Crippen LogP contribution in [0.2, 0.25) is 0 Å². The van der Waals surface area contributed by atoms with Crippen LogP contribution in [-0.2, 0) is 6.54 Å². The molecule has 6 heteroatoms. The van der Waals surface area contributed by atoms with Crippen molar-refractivity contribution in [3.05, 3.63) is 70.1 Å². The first-order valence-electron chi connectivity index (χ1n) is 8.48. The Balaban J connectivity index is 1.81. The van der Waals surface area contributed by atoms with Crippen molar-refractivity contribution >= 4 is 28.4 Å². The monoisotopic (exact) mass is 351 g/mol. The van der Waals surface area contributed by atoms with E-state index in [0.29, 0.717) is 24.4 Å². The summed E-state index contributed by atoms with van der Waals surface area (Å²) in [5.41, 5.74) is 2.67. The number of aryl methyl sites for hydroxylation is 1. The van der Waals surface area contributed by atoms with Crippen LogP contribution in [0, 0.1) is 6.92 Å². The molecular weight excluding hydrogens is 330 g/mol. The van der Waals surface area contributed by atoms with Gasteiger partial charge in [-0.3, -0.25) is 5.32 Å². The Bertz CT molecular complexity index is 978. The van der Waals surface area contributed by atoms with Gasteiger partial charge in [0.2, 0.25) is 0 Å². The second-order valence-corrected chi connectivity index (χ2v) is 5.96. The van der Waals surface area contributed by atoms with Gasteiger partial charge in [-0.05, 0) is 31.5 Å². The predicted molar refractivity (Wildman–Crippen MR) is 104 cm³/mol. The highest BCUT2D eigenvalue weighted by atomic mass is 16.4. The van der Waals surface area contributed by atoms with Gasteiger partial charge in [-0.2, -0.15) is 0 Å². The molecule has 1 heterocycles. The molecule has 0 saturated carbocycles. The topological polar surface area (TPSA) is 83.4 Å². The quantitative estimate of drug-likeness (QED) is 0.610. The van der Waals surface area contributed by atoms with Crippen LogP contribution in [0.25, 0.3) is 11.0 Å². The molecule has 0 aliphatic rings. The Morgan fingerprint density at radius 1 is 1.04 bits per heavy atom. The Morgan fingerprint density at radius 3 is 2.50 bits per heavy atom. The molecule has 0 unspecified atom stereocenters. The van der Waals surface area contributed by atoms with Crippen LogP contribution in [0.3, 0.4) is 0 Å². The van der Waals surface area contributed by atoms with Gasteiger partial charge in [0.15, 0.2) is 5.69 Å². The molecule has 0 radical (unpaired) electrons. The van der Waals surface area contributed by atoms with Crippen LogP contribution in [0.4, 0.5) is 16.2 Å². The summed E-state index contributed by atoms with van der Waals surface area (Å²) in [4.78, 5) is 24.6. The second kappa shape index (κ2) is 7.74. The normalized spacial score (nSPS) is 10.5. The zero-order valence-corrected chi connectivity index (χ0v) is 14.8. The van der Waals surface area contributed by atoms with E-state index in [-0.39, 0.29) is 5.69 Å². The van der Waals surface area contributed by atoms with Gasteiger partial charge in [-0.25, -0.2) is 9.59 Å². The number of urea groups is 1. The highest BCUT2D eigenvalue weighted by molar-refractivity contribution is 6.01. The summed E-state index contributed by atoms with van der Waals surface area (Å²) in [6.45, 7) is 4.89. The van der Waals surface area contributed by atoms with Crippen LogP contribution >= 0.6 is 0 Å². The molecule has 6 nitrogen and oxygen atoms in total. The van der Waals surface area contributed by atoms with Crippen molar-refractivity contribution in [1.82, 2.24) is 5.32 Å². The molecule has 3 N–H and O–H groups in total. The molecule has 2 aromatic carbocycles. The molecule has 0 atom stereocenters. The highest BCUT2D eigenvalue weighted by Gasteiger charge is 2.16. The van der Waals surface area contributed by atoms with Crippen molar-refractivity contribution in [2.24, 2.45) is 0 Å². The molecule has 0 fully saturated rings. The zero-order valence-electron chi connectivity index (χ0n) is 14.8. The van der Waals surface area contributed by atoms with E-state index in [1.165, 1.54) is 0 Å². The Kier molecular flexibility index (Phi) is 5.22. The van der Waals surface area contributed by atoms with E-state index in [4.69, 9.17) is 4.42 Å². The Labute approximate surface area is 151 Å². The lowest BCUT2D eigenvalue weighted by atomic mass is 10.1. The molecule has 2 amide bonds. The molecule has 1 aromatic heterocycles. The highest BCUT2D eigenvalue weighted by Crippen LogP contribution is 2.28. The maximum atomic E-state index is 12.3. The van der Waals surface area contributed by atoms with Gasteiger partial charge in [0.25, 0.3) is 0 Å². The van der Waals surface area contributed by atoms with Gasteiger partial charge in [0, 0.05) is 18.5 Å². The van der Waals surface area contributed by atoms with E-state index in [1.807, 2.05) is 50.2 Å². The summed E-state index contributed by atoms with van der Waals surface area (Å²) < 4.78 is 5.32. The average molecular weight is 351 g/mol. The molecule has 26 heavy (non-hydrogen) atoms. The fraction of sp³-hybridized carbons (Fsp3) is 0.200. The minimum atomic E-state index is -0.592. The van der Waals surface area contributed by atoms with Gasteiger partial charge in [0.1, 0.15) is 5.58 Å². The SMILES string of the molecule is CCNc1c(NC(=O)NCc2ccc(C)cc2)c(=O)oc2ccccc12. The number of fused-ring (bicyclic) bond motifs is 1. The van der Waals surface area contributed by atoms with E-state index in [0.717, 1.165) is 16.5 Å². The van der Waals surface area contributed by atoms with Crippen molar-refractivity contribution in [3.8, 4) is 0 Å². The number of para-hydroxylation sites is 1. The minimum Gasteiger partial charge on any atom is -0.421 e. The maximum Gasteiger partial charge on any atom is 0.362 e. The van der Waals surface area contributed by atoms with Gasteiger partial charge in [-0.15, -0.1) is 0 Å². The second-order valence-electron chi connectivity index (χ2n) is 5.96. The fourth-order valence-electron chi connectivity index (χ4n) is 2.67. The van der Waals surface area contributed by atoms with Crippen molar-refractivity contribution in [2.45, 2.75) is 20.4 Å². The van der Waals surface area contributed by atoms with Crippen molar-refractivity contribution in [3.63, 3.8) is 0 Å². The summed E-state index contributed by atoms with van der Waals surface area (Å²) in [6, 6.07) is 14.6. The lowest BCUT2D eigenvalue weighted by Crippen LogP contribution is -2.30. The first kappa shape index (κ1) is 17.5. The number of benzene rings is 2. The van der Waals surface area contributed by atoms with Gasteiger partial charge < -0.3 is 15.1 Å². The van der Waals surface area contributed by atoms with E-state index in [9.17, 15) is 9.59 Å². The number of hydrogen-bond donors (Lipinski definition) is 3. The molecule has 134 valence electrons. The van der Waals surface area contributed by atoms with Crippen molar-refractivity contribution in [1.29, 1.82) is 0 Å². The summed E-state index contributed by atoms with van der Waals surface area (Å²) in [5, 5.41) is 9.25. The number of anilines is 2. The molecule has 0 aliphatic heterocycles. The number of amides is 2. The smallest absolute Gasteiger partial charge is 0.362 e. The average Bonchev–Trinajstić information content (AvgIpc) is 2.64. The van der Waals surface area contributed by atoms with Crippen LogP contribution in [0.15, 0.2) is 57.7 Å². The van der Waals surface area contributed by atoms with Crippen LogP contribution in [0.1, 0.15) is 18.1 Å². The van der Waals surface area contributed by atoms with E-state index < -0.39 is 11.7 Å². The third-order valence-corrected chi connectivity index (χ3v) is 3.98. The molecule has 0 spiro atoms. The van der Waals surface area contributed by atoms with Gasteiger partial charge >= 0.3 is 11.7 Å². The molecule has 3 rings (SSSR count). The fourth-order valence-corrected chi connectivity index (χ4v) is 2.67. The van der Waals surface area contributed by atoms with Crippen molar-refractivity contribution < 1.29 is 9.21 Å². The first-order chi connectivity index (χ1) is 12.6. The van der Waals surface area contributed by atoms with E-state index in [2.05, 4.69) is 16.0 Å². The summed E-state index contributed by atoms with van der Waals surface area (Å²) in [7, 11) is 0. The summed E-state index contributed by atoms with van der Waals surface area (Å²) >= 11 is 0. The molecular formula is C20H21N3O3. The van der Waals surface area contributed by atoms with Crippen LogP contribution in [-0.4, -0.2) is 12.6 Å². The van der Waals surface area contributed by atoms with Gasteiger partial charge in [-0.1, -0.05) is 42.0 Å². The first-order valence-corrected chi connectivity index (χ1v) is 8.48. The lowest BCUT2D eigenvalue weighted by molar-refractivity contribution is 0.251. The Morgan fingerprint density at radius 2 is 1.77 bits per heavy atom. The molecule has 0 aliphatic carbocycles. The number of hydrogen-bond acceptors (Lipinski definition) is 4. The largest absolute Gasteiger partial charge is 0.421 e. The van der Waals surface area contributed by atoms with E-state index >= 15 is 0 Å². The summed E-state index contributed by atoms with van der Waals surface area (Å²) in [5.74, 6) is 0. The number of nitrogens with one attached hydrogen (secondary N) is 3. The number of carbonyl (C=O) groups excluding carboxylic acids is 1. The summed E-state index contributed by atoms with van der Waals surface area (Å²) in [6.07, 6.45) is 0. The van der Waals surface area contributed by atoms with Crippen molar-refractivity contribution in [2.75, 3.05) is 17.2 Å². The van der Waals surface area contributed by atoms with Gasteiger partial charge in [0.05, 0.1) is 5.69 Å². The number of carbonyl (C=O) groups is 1. The third kappa shape index (κ3) is 3.85. The maximum absolute atomic E-state index is 12.3. The molecule has 3 aromatic rings. The minimum absolute atomic E-state index is 0.104. The predicted octanol–water partition coefficient (Wildman–Crippen LogP) is 3.85. The van der Waals surface area contributed by atoms with Crippen LogP contribution < -0.4 is 21.6 Å². The number of rotatable bonds is 5. The molecule has 0 bridgehead atoms. The molecule has 0 saturated heterocycles. The van der Waals surface area contributed by atoms with Crippen LogP contribution in [0.5, 0.6) is 0 Å². The Hall–Kier alpha value is -3.28. The van der Waals surface area contributed by atoms with E-state index in [1.54, 1.807) is 12.1 Å².